The van der Waals surface area contributed by atoms with E-state index in [4.69, 9.17) is 17.3 Å². The van der Waals surface area contributed by atoms with Crippen LogP contribution in [0.4, 0.5) is 0 Å². The molecular weight excluding hydrogens is 208 g/mol. The van der Waals surface area contributed by atoms with E-state index in [0.717, 1.165) is 18.1 Å². The van der Waals surface area contributed by atoms with Crippen LogP contribution in [0.3, 0.4) is 0 Å². The van der Waals surface area contributed by atoms with Crippen LogP contribution in [0.15, 0.2) is 24.3 Å². The van der Waals surface area contributed by atoms with Gasteiger partial charge in [-0.2, -0.15) is 0 Å². The Hall–Kier alpha value is -0.570. The summed E-state index contributed by atoms with van der Waals surface area (Å²) in [7, 11) is 0. The molecule has 0 aromatic heterocycles. The third kappa shape index (κ3) is 2.51. The van der Waals surface area contributed by atoms with E-state index in [1.165, 1.54) is 18.4 Å². The molecule has 1 saturated heterocycles. The largest absolute Gasteiger partial charge is 0.329 e. The molecule has 2 rings (SSSR count). The average Bonchev–Trinajstić information content (AvgIpc) is 2.72. The van der Waals surface area contributed by atoms with Crippen molar-refractivity contribution < 1.29 is 0 Å². The van der Waals surface area contributed by atoms with Gasteiger partial charge in [0.1, 0.15) is 0 Å². The zero-order valence-electron chi connectivity index (χ0n) is 8.82. The van der Waals surface area contributed by atoms with E-state index in [9.17, 15) is 0 Å². The van der Waals surface area contributed by atoms with Crippen LogP contribution in [0.1, 0.15) is 24.4 Å². The summed E-state index contributed by atoms with van der Waals surface area (Å²) in [5.74, 6) is 0. The molecule has 0 amide bonds. The Morgan fingerprint density at radius 1 is 1.33 bits per heavy atom. The summed E-state index contributed by atoms with van der Waals surface area (Å²) in [6.45, 7) is 2.99. The molecule has 0 radical (unpaired) electrons. The maximum atomic E-state index is 5.99. The second-order valence-electron chi connectivity index (χ2n) is 4.05. The van der Waals surface area contributed by atoms with Gasteiger partial charge in [-0.1, -0.05) is 23.7 Å². The van der Waals surface area contributed by atoms with Crippen LogP contribution in [0.2, 0.25) is 5.02 Å². The van der Waals surface area contributed by atoms with Crippen LogP contribution in [0.5, 0.6) is 0 Å². The lowest BCUT2D eigenvalue weighted by Gasteiger charge is -2.26. The summed E-state index contributed by atoms with van der Waals surface area (Å²) in [4.78, 5) is 2.45. The number of nitrogens with two attached hydrogens (primary N) is 1. The maximum Gasteiger partial charge on any atom is 0.0470 e. The molecule has 0 aliphatic carbocycles. The van der Waals surface area contributed by atoms with Gasteiger partial charge < -0.3 is 5.73 Å². The molecule has 1 fully saturated rings. The first-order chi connectivity index (χ1) is 7.31. The minimum Gasteiger partial charge on any atom is -0.329 e. The Morgan fingerprint density at radius 2 is 2.07 bits per heavy atom. The Morgan fingerprint density at radius 3 is 2.67 bits per heavy atom. The van der Waals surface area contributed by atoms with Crippen LogP contribution in [-0.2, 0) is 0 Å². The Labute approximate surface area is 96.0 Å². The van der Waals surface area contributed by atoms with Gasteiger partial charge in [0.25, 0.3) is 0 Å². The molecule has 15 heavy (non-hydrogen) atoms. The van der Waals surface area contributed by atoms with E-state index in [1.807, 2.05) is 18.2 Å². The fourth-order valence-electron chi connectivity index (χ4n) is 2.26. The van der Waals surface area contributed by atoms with Crippen LogP contribution < -0.4 is 5.73 Å². The summed E-state index contributed by atoms with van der Waals surface area (Å²) in [6, 6.07) is 8.38. The van der Waals surface area contributed by atoms with Crippen LogP contribution >= 0.6 is 11.6 Å². The van der Waals surface area contributed by atoms with Crippen molar-refractivity contribution in [3.05, 3.63) is 34.9 Å². The molecule has 2 N–H and O–H groups in total. The maximum absolute atomic E-state index is 5.99. The minimum absolute atomic E-state index is 0.339. The number of nitrogens with zero attached hydrogens (tertiary/aromatic N) is 1. The smallest absolute Gasteiger partial charge is 0.0470 e. The molecular formula is C12H17ClN2. The van der Waals surface area contributed by atoms with Crippen molar-refractivity contribution in [2.75, 3.05) is 19.6 Å². The van der Waals surface area contributed by atoms with E-state index >= 15 is 0 Å². The first kappa shape index (κ1) is 10.9. The zero-order valence-corrected chi connectivity index (χ0v) is 9.58. The standard InChI is InChI=1S/C12H17ClN2/c13-11-5-3-4-10(8-11)12(9-14)15-6-1-2-7-15/h3-5,8,12H,1-2,6-7,9,14H2/t12-/m1/s1. The highest BCUT2D eigenvalue weighted by Crippen LogP contribution is 2.25. The Bertz CT molecular complexity index is 321. The van der Waals surface area contributed by atoms with Gasteiger partial charge >= 0.3 is 0 Å². The van der Waals surface area contributed by atoms with Crippen molar-refractivity contribution in [3.8, 4) is 0 Å². The van der Waals surface area contributed by atoms with Crippen LogP contribution in [0, 0.1) is 0 Å². The molecule has 1 aliphatic rings. The number of rotatable bonds is 3. The summed E-state index contributed by atoms with van der Waals surface area (Å²) < 4.78 is 0. The van der Waals surface area contributed by atoms with Gasteiger partial charge in [-0.25, -0.2) is 0 Å². The molecule has 82 valence electrons. The highest BCUT2D eigenvalue weighted by atomic mass is 35.5. The third-order valence-electron chi connectivity index (χ3n) is 3.04. The lowest BCUT2D eigenvalue weighted by Crippen LogP contribution is -2.31. The highest BCUT2D eigenvalue weighted by Gasteiger charge is 2.21. The van der Waals surface area contributed by atoms with E-state index in [1.54, 1.807) is 0 Å². The fraction of sp³-hybridized carbons (Fsp3) is 0.500. The van der Waals surface area contributed by atoms with Crippen molar-refractivity contribution in [2.24, 2.45) is 5.73 Å². The van der Waals surface area contributed by atoms with Crippen molar-refractivity contribution in [1.82, 2.24) is 4.90 Å². The Kier molecular flexibility index (Phi) is 3.62. The Balaban J connectivity index is 2.18. The van der Waals surface area contributed by atoms with Gasteiger partial charge in [0.15, 0.2) is 0 Å². The minimum atomic E-state index is 0.339. The highest BCUT2D eigenvalue weighted by molar-refractivity contribution is 6.30. The first-order valence-electron chi connectivity index (χ1n) is 5.51. The predicted molar refractivity (Wildman–Crippen MR) is 64.1 cm³/mol. The molecule has 1 aromatic rings. The van der Waals surface area contributed by atoms with Gasteiger partial charge in [-0.3, -0.25) is 4.90 Å². The SMILES string of the molecule is NC[C@H](c1cccc(Cl)c1)N1CCCC1. The first-order valence-corrected chi connectivity index (χ1v) is 5.88. The monoisotopic (exact) mass is 224 g/mol. The molecule has 0 bridgehead atoms. The second kappa shape index (κ2) is 4.97. The summed E-state index contributed by atoms with van der Waals surface area (Å²) >= 11 is 5.99. The molecule has 0 spiro atoms. The molecule has 2 nitrogen and oxygen atoms in total. The van der Waals surface area contributed by atoms with Gasteiger partial charge in [-0.05, 0) is 43.6 Å². The zero-order chi connectivity index (χ0) is 10.7. The quantitative estimate of drug-likeness (QED) is 0.855. The lowest BCUT2D eigenvalue weighted by molar-refractivity contribution is 0.251. The van der Waals surface area contributed by atoms with Crippen LogP contribution in [-0.4, -0.2) is 24.5 Å². The third-order valence-corrected chi connectivity index (χ3v) is 3.27. The predicted octanol–water partition coefficient (Wildman–Crippen LogP) is 2.44. The number of likely N-dealkylation sites (tertiary alicyclic amines) is 1. The summed E-state index contributed by atoms with van der Waals surface area (Å²) in [6.07, 6.45) is 2.58. The van der Waals surface area contributed by atoms with E-state index in [2.05, 4.69) is 11.0 Å². The summed E-state index contributed by atoms with van der Waals surface area (Å²) in [5.41, 5.74) is 7.09. The number of hydrogen-bond donors (Lipinski definition) is 1. The molecule has 3 heteroatoms. The van der Waals surface area contributed by atoms with E-state index in [0.29, 0.717) is 12.6 Å². The van der Waals surface area contributed by atoms with Crippen molar-refractivity contribution >= 4 is 11.6 Å². The second-order valence-corrected chi connectivity index (χ2v) is 4.49. The molecule has 1 aromatic carbocycles. The molecule has 0 unspecified atom stereocenters. The van der Waals surface area contributed by atoms with Gasteiger partial charge in [0, 0.05) is 17.6 Å². The van der Waals surface area contributed by atoms with Crippen molar-refractivity contribution in [1.29, 1.82) is 0 Å². The summed E-state index contributed by atoms with van der Waals surface area (Å²) in [5, 5.41) is 0.796. The van der Waals surface area contributed by atoms with Gasteiger partial charge in [0.2, 0.25) is 0 Å². The van der Waals surface area contributed by atoms with Crippen molar-refractivity contribution in [2.45, 2.75) is 18.9 Å². The van der Waals surface area contributed by atoms with Gasteiger partial charge in [-0.15, -0.1) is 0 Å². The normalized spacial score (nSPS) is 19.3. The fourth-order valence-corrected chi connectivity index (χ4v) is 2.46. The van der Waals surface area contributed by atoms with Crippen LogP contribution in [0.25, 0.3) is 0 Å². The molecule has 0 saturated carbocycles. The topological polar surface area (TPSA) is 29.3 Å². The van der Waals surface area contributed by atoms with E-state index in [-0.39, 0.29) is 0 Å². The number of halogens is 1. The number of hydrogen-bond acceptors (Lipinski definition) is 2. The van der Waals surface area contributed by atoms with E-state index < -0.39 is 0 Å². The van der Waals surface area contributed by atoms with Gasteiger partial charge in [0.05, 0.1) is 0 Å². The molecule has 1 aliphatic heterocycles. The lowest BCUT2D eigenvalue weighted by atomic mass is 10.1. The number of benzene rings is 1. The molecule has 1 atom stereocenters. The average molecular weight is 225 g/mol. The molecule has 1 heterocycles. The van der Waals surface area contributed by atoms with Crippen molar-refractivity contribution in [3.63, 3.8) is 0 Å².